The number of aryl methyl sites for hydroxylation is 2. The number of nitrogens with zero attached hydrogens (tertiary/aromatic N) is 4. The number of nitrogens with one attached hydrogen (secondary N) is 1. The molecule has 1 aliphatic carbocycles. The molecule has 0 aliphatic heterocycles. The number of nitrogens with two attached hydrogens (primary N) is 1. The predicted octanol–water partition coefficient (Wildman–Crippen LogP) is 1.49. The number of carbonyl (C=O) groups is 2. The van der Waals surface area contributed by atoms with Crippen LogP contribution in [0.15, 0.2) is 0 Å². The van der Waals surface area contributed by atoms with Gasteiger partial charge in [0.15, 0.2) is 6.61 Å². The quantitative estimate of drug-likeness (QED) is 0.718. The first kappa shape index (κ1) is 20.0. The number of rotatable bonds is 6. The number of esters is 1. The van der Waals surface area contributed by atoms with Crippen molar-refractivity contribution in [2.45, 2.75) is 65.3 Å². The molecule has 2 heterocycles. The minimum absolute atomic E-state index is 0.157. The van der Waals surface area contributed by atoms with Gasteiger partial charge in [-0.3, -0.25) is 9.59 Å². The molecule has 0 spiro atoms. The molecule has 0 unspecified atom stereocenters. The average Bonchev–Trinajstić information content (AvgIpc) is 3.02. The largest absolute Gasteiger partial charge is 0.456 e. The summed E-state index contributed by atoms with van der Waals surface area (Å²) in [5, 5.41) is 7.10. The fraction of sp³-hybridized carbons (Fsp3) is 0.632. The lowest BCUT2D eigenvalue weighted by molar-refractivity contribution is -0.148. The van der Waals surface area contributed by atoms with E-state index in [1.807, 2.05) is 13.8 Å². The number of carbonyl (C=O) groups excluding carboxylic acids is 2. The molecule has 1 aliphatic rings. The van der Waals surface area contributed by atoms with E-state index in [-0.39, 0.29) is 30.9 Å². The Hall–Kier alpha value is -2.71. The van der Waals surface area contributed by atoms with Crippen LogP contribution in [0.2, 0.25) is 0 Å². The molecule has 1 saturated carbocycles. The van der Waals surface area contributed by atoms with Crippen LogP contribution in [0.1, 0.15) is 56.0 Å². The summed E-state index contributed by atoms with van der Waals surface area (Å²) in [6.45, 7) is 5.65. The molecular formula is C19H28N6O3. The molecule has 28 heavy (non-hydrogen) atoms. The van der Waals surface area contributed by atoms with Crippen molar-refractivity contribution in [1.82, 2.24) is 24.9 Å². The minimum atomic E-state index is -0.413. The Morgan fingerprint density at radius 1 is 1.25 bits per heavy atom. The Kier molecular flexibility index (Phi) is 6.11. The Morgan fingerprint density at radius 3 is 2.75 bits per heavy atom. The van der Waals surface area contributed by atoms with Crippen LogP contribution >= 0.6 is 0 Å². The number of ether oxygens (including phenoxy) is 1. The maximum Gasteiger partial charge on any atom is 0.306 e. The zero-order valence-electron chi connectivity index (χ0n) is 16.7. The van der Waals surface area contributed by atoms with Crippen molar-refractivity contribution in [1.29, 1.82) is 0 Å². The zero-order valence-corrected chi connectivity index (χ0v) is 16.7. The van der Waals surface area contributed by atoms with Gasteiger partial charge in [-0.15, -0.1) is 5.10 Å². The molecule has 1 fully saturated rings. The van der Waals surface area contributed by atoms with Crippen molar-refractivity contribution < 1.29 is 14.3 Å². The van der Waals surface area contributed by atoms with Crippen LogP contribution in [-0.4, -0.2) is 44.1 Å². The first-order valence-corrected chi connectivity index (χ1v) is 9.78. The molecule has 2 aromatic heterocycles. The van der Waals surface area contributed by atoms with Crippen molar-refractivity contribution in [3.05, 3.63) is 17.0 Å². The van der Waals surface area contributed by atoms with Gasteiger partial charge in [0.25, 0.3) is 11.7 Å². The van der Waals surface area contributed by atoms with E-state index in [1.165, 1.54) is 6.42 Å². The molecule has 1 amide bonds. The van der Waals surface area contributed by atoms with Gasteiger partial charge >= 0.3 is 5.97 Å². The van der Waals surface area contributed by atoms with Gasteiger partial charge in [0, 0.05) is 23.9 Å². The van der Waals surface area contributed by atoms with Crippen molar-refractivity contribution >= 4 is 23.6 Å². The van der Waals surface area contributed by atoms with Gasteiger partial charge in [0.05, 0.1) is 0 Å². The number of hydrogen-bond acceptors (Lipinski definition) is 7. The van der Waals surface area contributed by atoms with E-state index in [9.17, 15) is 9.59 Å². The van der Waals surface area contributed by atoms with Gasteiger partial charge in [-0.2, -0.15) is 9.50 Å². The summed E-state index contributed by atoms with van der Waals surface area (Å²) in [4.78, 5) is 32.6. The van der Waals surface area contributed by atoms with Crippen molar-refractivity contribution in [2.24, 2.45) is 5.92 Å². The summed E-state index contributed by atoms with van der Waals surface area (Å²) >= 11 is 0. The molecular weight excluding hydrogens is 360 g/mol. The summed E-state index contributed by atoms with van der Waals surface area (Å²) in [5.41, 5.74) is 8.14. The lowest BCUT2D eigenvalue weighted by atomic mass is 9.86. The van der Waals surface area contributed by atoms with Crippen LogP contribution in [0.3, 0.4) is 0 Å². The Labute approximate surface area is 164 Å². The van der Waals surface area contributed by atoms with Crippen LogP contribution in [0.4, 0.5) is 5.95 Å². The van der Waals surface area contributed by atoms with Gasteiger partial charge in [0.1, 0.15) is 0 Å². The van der Waals surface area contributed by atoms with Crippen molar-refractivity contribution in [2.75, 3.05) is 12.3 Å². The number of fused-ring (bicyclic) bond motifs is 1. The SMILES string of the molecule is Cc1nc2nc(N)nn2c(C)c1CCC(=O)OCC(=O)N[C@H]1CCCC[C@H]1C. The predicted molar refractivity (Wildman–Crippen MR) is 104 cm³/mol. The molecule has 2 aromatic rings. The van der Waals surface area contributed by atoms with E-state index in [1.54, 1.807) is 4.52 Å². The van der Waals surface area contributed by atoms with E-state index >= 15 is 0 Å². The summed E-state index contributed by atoms with van der Waals surface area (Å²) in [6.07, 6.45) is 5.06. The van der Waals surface area contributed by atoms with Gasteiger partial charge in [-0.05, 0) is 44.6 Å². The topological polar surface area (TPSA) is 124 Å². The van der Waals surface area contributed by atoms with Crippen LogP contribution < -0.4 is 11.1 Å². The first-order valence-electron chi connectivity index (χ1n) is 9.78. The third-order valence-electron chi connectivity index (χ3n) is 5.47. The van der Waals surface area contributed by atoms with Gasteiger partial charge in [-0.1, -0.05) is 19.8 Å². The number of nitrogen functional groups attached to an aromatic ring is 1. The van der Waals surface area contributed by atoms with E-state index < -0.39 is 5.97 Å². The monoisotopic (exact) mass is 388 g/mol. The molecule has 0 bridgehead atoms. The molecule has 3 N–H and O–H groups in total. The van der Waals surface area contributed by atoms with Crippen molar-refractivity contribution in [3.63, 3.8) is 0 Å². The highest BCUT2D eigenvalue weighted by molar-refractivity contribution is 5.80. The number of hydrogen-bond donors (Lipinski definition) is 2. The maximum atomic E-state index is 12.1. The molecule has 2 atom stereocenters. The highest BCUT2D eigenvalue weighted by Gasteiger charge is 2.23. The summed E-state index contributed by atoms with van der Waals surface area (Å²) in [7, 11) is 0. The van der Waals surface area contributed by atoms with E-state index in [2.05, 4.69) is 27.3 Å². The molecule has 0 radical (unpaired) electrons. The highest BCUT2D eigenvalue weighted by Crippen LogP contribution is 2.23. The van der Waals surface area contributed by atoms with Crippen molar-refractivity contribution in [3.8, 4) is 0 Å². The Bertz CT molecular complexity index is 878. The van der Waals surface area contributed by atoms with E-state index in [0.29, 0.717) is 18.1 Å². The molecule has 0 aromatic carbocycles. The van der Waals surface area contributed by atoms with Gasteiger partial charge in [0.2, 0.25) is 5.95 Å². The summed E-state index contributed by atoms with van der Waals surface area (Å²) in [5.74, 6) is 0.411. The van der Waals surface area contributed by atoms with E-state index in [4.69, 9.17) is 10.5 Å². The summed E-state index contributed by atoms with van der Waals surface area (Å²) < 4.78 is 6.72. The fourth-order valence-electron chi connectivity index (χ4n) is 3.81. The lowest BCUT2D eigenvalue weighted by Gasteiger charge is -2.29. The third kappa shape index (κ3) is 4.58. The normalized spacial score (nSPS) is 19.5. The molecule has 9 heteroatoms. The zero-order chi connectivity index (χ0) is 20.3. The average molecular weight is 388 g/mol. The number of aromatic nitrogens is 4. The molecule has 152 valence electrons. The standard InChI is InChI=1S/C19H28N6O3/c1-11-6-4-5-7-15(11)22-16(26)10-28-17(27)9-8-14-12(2)21-19-23-18(20)24-25(19)13(14)3/h11,15H,4-10H2,1-3H3,(H2,20,24)(H,22,26)/t11-,15+/m1/s1. The summed E-state index contributed by atoms with van der Waals surface area (Å²) in [6, 6.07) is 0.179. The van der Waals surface area contributed by atoms with Gasteiger partial charge < -0.3 is 15.8 Å². The molecule has 9 nitrogen and oxygen atoms in total. The second kappa shape index (κ2) is 8.53. The van der Waals surface area contributed by atoms with Crippen LogP contribution in [0, 0.1) is 19.8 Å². The molecule has 0 saturated heterocycles. The fourth-order valence-corrected chi connectivity index (χ4v) is 3.81. The Morgan fingerprint density at radius 2 is 2.00 bits per heavy atom. The lowest BCUT2D eigenvalue weighted by Crippen LogP contribution is -2.42. The third-order valence-corrected chi connectivity index (χ3v) is 5.47. The second-order valence-electron chi connectivity index (χ2n) is 7.54. The number of amides is 1. The second-order valence-corrected chi connectivity index (χ2v) is 7.54. The van der Waals surface area contributed by atoms with Crippen LogP contribution in [0.25, 0.3) is 5.78 Å². The maximum absolute atomic E-state index is 12.1. The Balaban J connectivity index is 1.50. The van der Waals surface area contributed by atoms with E-state index in [0.717, 1.165) is 36.2 Å². The van der Waals surface area contributed by atoms with Crippen LogP contribution in [-0.2, 0) is 20.7 Å². The van der Waals surface area contributed by atoms with Crippen LogP contribution in [0.5, 0.6) is 0 Å². The first-order chi connectivity index (χ1) is 13.3. The smallest absolute Gasteiger partial charge is 0.306 e. The minimum Gasteiger partial charge on any atom is -0.456 e. The molecule has 3 rings (SSSR count). The number of anilines is 1. The highest BCUT2D eigenvalue weighted by atomic mass is 16.5. The van der Waals surface area contributed by atoms with Gasteiger partial charge in [-0.25, -0.2) is 4.98 Å².